The fourth-order valence-corrected chi connectivity index (χ4v) is 6.42. The van der Waals surface area contributed by atoms with E-state index in [1.807, 2.05) is 24.4 Å². The van der Waals surface area contributed by atoms with Gasteiger partial charge in [-0.15, -0.1) is 0 Å². The molecule has 0 radical (unpaired) electrons. The second-order valence-electron chi connectivity index (χ2n) is 11.3. The summed E-state index contributed by atoms with van der Waals surface area (Å²) in [6.07, 6.45) is 1.84. The van der Waals surface area contributed by atoms with Crippen molar-refractivity contribution in [3.63, 3.8) is 0 Å². The molecule has 0 saturated heterocycles. The van der Waals surface area contributed by atoms with E-state index in [1.54, 1.807) is 0 Å². The van der Waals surface area contributed by atoms with Crippen molar-refractivity contribution in [2.45, 2.75) is 6.92 Å². The van der Waals surface area contributed by atoms with Crippen LogP contribution in [0.2, 0.25) is 0 Å². The van der Waals surface area contributed by atoms with Crippen LogP contribution in [0.1, 0.15) is 5.56 Å². The van der Waals surface area contributed by atoms with Crippen LogP contribution in [0.25, 0.3) is 77.0 Å². The Labute approximate surface area is 251 Å². The van der Waals surface area contributed by atoms with Gasteiger partial charge in [0.05, 0.1) is 5.69 Å². The minimum absolute atomic E-state index is 0.993. The highest BCUT2D eigenvalue weighted by Crippen LogP contribution is 2.44. The molecule has 202 valence electrons. The number of aromatic nitrogens is 1. The SMILES string of the molecule is Cc1ccc(-c2c3ccccc3c(-c3ccc4cc(-c5ccc(-c6ccccn6)cc5)ccc4c3)c3ccccc23)cc1. The molecule has 1 nitrogen and oxygen atoms in total. The Morgan fingerprint density at radius 1 is 0.372 bits per heavy atom. The third kappa shape index (κ3) is 4.47. The molecule has 0 N–H and O–H groups in total. The number of pyridine rings is 1. The fourth-order valence-electron chi connectivity index (χ4n) is 6.42. The molecule has 1 heteroatoms. The third-order valence-electron chi connectivity index (χ3n) is 8.58. The molecule has 0 amide bonds. The van der Waals surface area contributed by atoms with E-state index in [0.29, 0.717) is 0 Å². The molecule has 1 heterocycles. The first-order chi connectivity index (χ1) is 21.2. The lowest BCUT2D eigenvalue weighted by atomic mass is 9.85. The molecule has 0 aliphatic heterocycles. The van der Waals surface area contributed by atoms with E-state index in [9.17, 15) is 0 Å². The van der Waals surface area contributed by atoms with Gasteiger partial charge in [0.15, 0.2) is 0 Å². The number of benzene rings is 7. The van der Waals surface area contributed by atoms with Gasteiger partial charge in [0.2, 0.25) is 0 Å². The summed E-state index contributed by atoms with van der Waals surface area (Å²) in [5.41, 5.74) is 10.9. The minimum Gasteiger partial charge on any atom is -0.256 e. The lowest BCUT2D eigenvalue weighted by molar-refractivity contribution is 1.33. The van der Waals surface area contributed by atoms with Crippen molar-refractivity contribution in [1.82, 2.24) is 4.98 Å². The summed E-state index contributed by atoms with van der Waals surface area (Å²) in [5, 5.41) is 7.60. The maximum absolute atomic E-state index is 4.49. The van der Waals surface area contributed by atoms with Gasteiger partial charge < -0.3 is 0 Å². The predicted octanol–water partition coefficient (Wildman–Crippen LogP) is 11.5. The summed E-state index contributed by atoms with van der Waals surface area (Å²) < 4.78 is 0. The Kier molecular flexibility index (Phi) is 6.09. The first kappa shape index (κ1) is 25.2. The van der Waals surface area contributed by atoms with Crippen LogP contribution in [-0.4, -0.2) is 4.98 Å². The van der Waals surface area contributed by atoms with Gasteiger partial charge in [-0.1, -0.05) is 133 Å². The fraction of sp³-hybridized carbons (Fsp3) is 0.0238. The molecule has 0 unspecified atom stereocenters. The van der Waals surface area contributed by atoms with Crippen LogP contribution < -0.4 is 0 Å². The minimum atomic E-state index is 0.993. The van der Waals surface area contributed by atoms with Gasteiger partial charge in [0, 0.05) is 11.8 Å². The van der Waals surface area contributed by atoms with Crippen LogP contribution in [0.3, 0.4) is 0 Å². The summed E-state index contributed by atoms with van der Waals surface area (Å²) >= 11 is 0. The second kappa shape index (κ2) is 10.4. The zero-order valence-electron chi connectivity index (χ0n) is 24.0. The molecule has 43 heavy (non-hydrogen) atoms. The zero-order chi connectivity index (χ0) is 28.8. The largest absolute Gasteiger partial charge is 0.256 e. The quantitative estimate of drug-likeness (QED) is 0.200. The lowest BCUT2D eigenvalue weighted by Gasteiger charge is -2.18. The van der Waals surface area contributed by atoms with Gasteiger partial charge in [0.1, 0.15) is 0 Å². The summed E-state index contributed by atoms with van der Waals surface area (Å²) in [6.45, 7) is 2.14. The highest BCUT2D eigenvalue weighted by molar-refractivity contribution is 6.21. The number of aryl methyl sites for hydroxylation is 1. The van der Waals surface area contributed by atoms with E-state index < -0.39 is 0 Å². The number of hydrogen-bond donors (Lipinski definition) is 0. The highest BCUT2D eigenvalue weighted by Gasteiger charge is 2.16. The summed E-state index contributed by atoms with van der Waals surface area (Å²) in [4.78, 5) is 4.49. The van der Waals surface area contributed by atoms with Crippen LogP contribution in [0.15, 0.2) is 158 Å². The second-order valence-corrected chi connectivity index (χ2v) is 11.3. The molecule has 0 fully saturated rings. The predicted molar refractivity (Wildman–Crippen MR) is 183 cm³/mol. The molecule has 0 spiro atoms. The molecule has 0 atom stereocenters. The van der Waals surface area contributed by atoms with E-state index in [1.165, 1.54) is 71.3 Å². The molecule has 0 bridgehead atoms. The van der Waals surface area contributed by atoms with Crippen molar-refractivity contribution in [3.8, 4) is 44.6 Å². The Bertz CT molecular complexity index is 2200. The Morgan fingerprint density at radius 3 is 1.42 bits per heavy atom. The van der Waals surface area contributed by atoms with Gasteiger partial charge >= 0.3 is 0 Å². The van der Waals surface area contributed by atoms with Crippen molar-refractivity contribution in [1.29, 1.82) is 0 Å². The number of hydrogen-bond acceptors (Lipinski definition) is 1. The Balaban J connectivity index is 1.25. The van der Waals surface area contributed by atoms with Crippen LogP contribution >= 0.6 is 0 Å². The average molecular weight is 548 g/mol. The number of nitrogens with zero attached hydrogens (tertiary/aromatic N) is 1. The molecule has 8 rings (SSSR count). The van der Waals surface area contributed by atoms with Crippen LogP contribution in [-0.2, 0) is 0 Å². The van der Waals surface area contributed by atoms with Crippen molar-refractivity contribution in [3.05, 3.63) is 163 Å². The maximum Gasteiger partial charge on any atom is 0.0701 e. The summed E-state index contributed by atoms with van der Waals surface area (Å²) in [7, 11) is 0. The molecule has 0 aliphatic carbocycles. The van der Waals surface area contributed by atoms with Crippen LogP contribution in [0, 0.1) is 6.92 Å². The molecule has 1 aromatic heterocycles. The van der Waals surface area contributed by atoms with Crippen molar-refractivity contribution in [2.75, 3.05) is 0 Å². The first-order valence-corrected chi connectivity index (χ1v) is 14.8. The van der Waals surface area contributed by atoms with E-state index in [4.69, 9.17) is 0 Å². The van der Waals surface area contributed by atoms with Gasteiger partial charge in [0.25, 0.3) is 0 Å². The average Bonchev–Trinajstić information content (AvgIpc) is 3.08. The molecular formula is C42H29N. The number of rotatable bonds is 4. The highest BCUT2D eigenvalue weighted by atomic mass is 14.7. The lowest BCUT2D eigenvalue weighted by Crippen LogP contribution is -1.91. The van der Waals surface area contributed by atoms with Crippen LogP contribution in [0.4, 0.5) is 0 Å². The Morgan fingerprint density at radius 2 is 0.837 bits per heavy atom. The smallest absolute Gasteiger partial charge is 0.0701 e. The van der Waals surface area contributed by atoms with Gasteiger partial charge in [-0.05, 0) is 96.9 Å². The van der Waals surface area contributed by atoms with E-state index in [-0.39, 0.29) is 0 Å². The molecule has 7 aromatic carbocycles. The zero-order valence-corrected chi connectivity index (χ0v) is 24.0. The maximum atomic E-state index is 4.49. The summed E-state index contributed by atoms with van der Waals surface area (Å²) in [5.74, 6) is 0. The summed E-state index contributed by atoms with van der Waals surface area (Å²) in [6, 6.07) is 55.0. The number of fused-ring (bicyclic) bond motifs is 3. The van der Waals surface area contributed by atoms with Gasteiger partial charge in [-0.2, -0.15) is 0 Å². The van der Waals surface area contributed by atoms with Gasteiger partial charge in [-0.25, -0.2) is 0 Å². The molecule has 0 aliphatic rings. The third-order valence-corrected chi connectivity index (χ3v) is 8.58. The standard InChI is InChI=1S/C42H29N/c1-28-13-15-31(16-14-28)41-36-8-2-4-10-38(36)42(39-11-5-3-9-37(39)41)35-24-23-33-26-32(21-22-34(33)27-35)29-17-19-30(20-18-29)40-12-6-7-25-43-40/h2-27H,1H3. The van der Waals surface area contributed by atoms with E-state index in [0.717, 1.165) is 11.3 Å². The van der Waals surface area contributed by atoms with Crippen molar-refractivity contribution >= 4 is 32.3 Å². The van der Waals surface area contributed by atoms with Gasteiger partial charge in [-0.3, -0.25) is 4.98 Å². The normalized spacial score (nSPS) is 11.4. The van der Waals surface area contributed by atoms with Crippen molar-refractivity contribution in [2.24, 2.45) is 0 Å². The molecule has 8 aromatic rings. The van der Waals surface area contributed by atoms with E-state index in [2.05, 4.69) is 145 Å². The molecule has 0 saturated carbocycles. The van der Waals surface area contributed by atoms with Crippen LogP contribution in [0.5, 0.6) is 0 Å². The van der Waals surface area contributed by atoms with Crippen molar-refractivity contribution < 1.29 is 0 Å². The van der Waals surface area contributed by atoms with E-state index >= 15 is 0 Å². The first-order valence-electron chi connectivity index (χ1n) is 14.8. The Hall–Kier alpha value is -5.53. The molecular weight excluding hydrogens is 518 g/mol. The topological polar surface area (TPSA) is 12.9 Å². The monoisotopic (exact) mass is 547 g/mol.